The zero-order valence-corrected chi connectivity index (χ0v) is 12.5. The molecule has 1 atom stereocenters. The van der Waals surface area contributed by atoms with Crippen LogP contribution < -0.4 is 0 Å². The van der Waals surface area contributed by atoms with Crippen LogP contribution in [0, 0.1) is 11.8 Å². The second kappa shape index (κ2) is 7.03. The Hall–Kier alpha value is -1.42. The SMILES string of the molecule is O=C(C1CCOCC1)N1CCCC(Cc2ccccn2)C1. The van der Waals surface area contributed by atoms with Crippen molar-refractivity contribution >= 4 is 5.91 Å². The Bertz CT molecular complexity index is 457. The number of aromatic nitrogens is 1. The third-order valence-electron chi connectivity index (χ3n) is 4.63. The molecule has 0 saturated carbocycles. The van der Waals surface area contributed by atoms with E-state index in [1.165, 1.54) is 6.42 Å². The molecular weight excluding hydrogens is 264 g/mol. The van der Waals surface area contributed by atoms with Gasteiger partial charge in [-0.25, -0.2) is 0 Å². The van der Waals surface area contributed by atoms with Gasteiger partial charge in [-0.2, -0.15) is 0 Å². The first-order valence-corrected chi connectivity index (χ1v) is 8.09. The Balaban J connectivity index is 1.56. The van der Waals surface area contributed by atoms with Crippen LogP contribution in [-0.2, 0) is 16.0 Å². The van der Waals surface area contributed by atoms with Gasteiger partial charge in [0, 0.05) is 44.1 Å². The third-order valence-corrected chi connectivity index (χ3v) is 4.63. The number of ether oxygens (including phenoxy) is 1. The Labute approximate surface area is 126 Å². The van der Waals surface area contributed by atoms with E-state index < -0.39 is 0 Å². The maximum absolute atomic E-state index is 12.6. The van der Waals surface area contributed by atoms with Gasteiger partial charge in [0.1, 0.15) is 0 Å². The molecule has 0 radical (unpaired) electrons. The van der Waals surface area contributed by atoms with E-state index >= 15 is 0 Å². The summed E-state index contributed by atoms with van der Waals surface area (Å²) >= 11 is 0. The lowest BCUT2D eigenvalue weighted by Crippen LogP contribution is -2.44. The normalized spacial score (nSPS) is 24.0. The first kappa shape index (κ1) is 14.5. The van der Waals surface area contributed by atoms with Crippen molar-refractivity contribution in [1.82, 2.24) is 9.88 Å². The van der Waals surface area contributed by atoms with Crippen molar-refractivity contribution in [2.75, 3.05) is 26.3 Å². The first-order chi connectivity index (χ1) is 10.3. The molecule has 0 spiro atoms. The smallest absolute Gasteiger partial charge is 0.225 e. The molecule has 0 aromatic carbocycles. The van der Waals surface area contributed by atoms with E-state index in [1.807, 2.05) is 18.3 Å². The summed E-state index contributed by atoms with van der Waals surface area (Å²) in [5, 5.41) is 0. The standard InChI is InChI=1S/C17H24N2O2/c20-17(15-6-10-21-11-7-15)19-9-3-4-14(13-19)12-16-5-1-2-8-18-16/h1-2,5,8,14-15H,3-4,6-7,9-13H2. The lowest BCUT2D eigenvalue weighted by atomic mass is 9.91. The molecule has 1 aromatic rings. The van der Waals surface area contributed by atoms with E-state index in [0.717, 1.165) is 57.7 Å². The quantitative estimate of drug-likeness (QED) is 0.857. The Morgan fingerprint density at radius 1 is 1.29 bits per heavy atom. The zero-order valence-electron chi connectivity index (χ0n) is 12.5. The maximum atomic E-state index is 12.6. The zero-order chi connectivity index (χ0) is 14.5. The van der Waals surface area contributed by atoms with Gasteiger partial charge < -0.3 is 9.64 Å². The van der Waals surface area contributed by atoms with Crippen molar-refractivity contribution in [2.24, 2.45) is 11.8 Å². The molecule has 0 N–H and O–H groups in total. The second-order valence-corrected chi connectivity index (χ2v) is 6.20. The number of carbonyl (C=O) groups is 1. The number of likely N-dealkylation sites (tertiary alicyclic amines) is 1. The van der Waals surface area contributed by atoms with Gasteiger partial charge in [-0.05, 0) is 50.2 Å². The fourth-order valence-corrected chi connectivity index (χ4v) is 3.45. The summed E-state index contributed by atoms with van der Waals surface area (Å²) in [6, 6.07) is 6.07. The number of carbonyl (C=O) groups excluding carboxylic acids is 1. The van der Waals surface area contributed by atoms with Crippen LogP contribution in [0.1, 0.15) is 31.4 Å². The summed E-state index contributed by atoms with van der Waals surface area (Å²) < 4.78 is 5.36. The van der Waals surface area contributed by atoms with Gasteiger partial charge >= 0.3 is 0 Å². The monoisotopic (exact) mass is 288 g/mol. The average Bonchev–Trinajstić information content (AvgIpc) is 2.56. The molecule has 2 fully saturated rings. The number of hydrogen-bond donors (Lipinski definition) is 0. The summed E-state index contributed by atoms with van der Waals surface area (Å²) in [6.07, 6.45) is 6.93. The summed E-state index contributed by atoms with van der Waals surface area (Å²) in [5.41, 5.74) is 1.14. The predicted octanol–water partition coefficient (Wildman–Crippen LogP) is 2.29. The van der Waals surface area contributed by atoms with Gasteiger partial charge in [-0.1, -0.05) is 6.07 Å². The van der Waals surface area contributed by atoms with Crippen molar-refractivity contribution < 1.29 is 9.53 Å². The van der Waals surface area contributed by atoms with Crippen LogP contribution in [0.15, 0.2) is 24.4 Å². The highest BCUT2D eigenvalue weighted by molar-refractivity contribution is 5.79. The van der Waals surface area contributed by atoms with E-state index in [0.29, 0.717) is 11.8 Å². The van der Waals surface area contributed by atoms with Gasteiger partial charge in [0.25, 0.3) is 0 Å². The predicted molar refractivity (Wildman–Crippen MR) is 80.8 cm³/mol. The first-order valence-electron chi connectivity index (χ1n) is 8.09. The van der Waals surface area contributed by atoms with E-state index in [9.17, 15) is 4.79 Å². The van der Waals surface area contributed by atoms with Crippen molar-refractivity contribution in [1.29, 1.82) is 0 Å². The molecule has 0 aliphatic carbocycles. The number of rotatable bonds is 3. The molecule has 1 unspecified atom stereocenters. The number of hydrogen-bond acceptors (Lipinski definition) is 3. The van der Waals surface area contributed by atoms with Gasteiger partial charge in [0.05, 0.1) is 0 Å². The highest BCUT2D eigenvalue weighted by Gasteiger charge is 2.30. The van der Waals surface area contributed by atoms with E-state index in [-0.39, 0.29) is 5.92 Å². The molecule has 3 rings (SSSR count). The van der Waals surface area contributed by atoms with E-state index in [1.54, 1.807) is 0 Å². The molecule has 2 saturated heterocycles. The average molecular weight is 288 g/mol. The van der Waals surface area contributed by atoms with E-state index in [2.05, 4.69) is 16.0 Å². The number of nitrogens with zero attached hydrogens (tertiary/aromatic N) is 2. The fourth-order valence-electron chi connectivity index (χ4n) is 3.45. The second-order valence-electron chi connectivity index (χ2n) is 6.20. The highest BCUT2D eigenvalue weighted by Crippen LogP contribution is 2.24. The summed E-state index contributed by atoms with van der Waals surface area (Å²) in [7, 11) is 0. The largest absolute Gasteiger partial charge is 0.381 e. The fraction of sp³-hybridized carbons (Fsp3) is 0.647. The van der Waals surface area contributed by atoms with Crippen molar-refractivity contribution in [2.45, 2.75) is 32.1 Å². The number of piperidine rings is 1. The van der Waals surface area contributed by atoms with Crippen LogP contribution in [0.2, 0.25) is 0 Å². The van der Waals surface area contributed by atoms with Crippen LogP contribution in [0.5, 0.6) is 0 Å². The minimum atomic E-state index is 0.187. The molecule has 114 valence electrons. The molecule has 4 heteroatoms. The molecule has 4 nitrogen and oxygen atoms in total. The molecule has 21 heavy (non-hydrogen) atoms. The molecular formula is C17H24N2O2. The van der Waals surface area contributed by atoms with Crippen molar-refractivity contribution in [3.63, 3.8) is 0 Å². The molecule has 3 heterocycles. The highest BCUT2D eigenvalue weighted by atomic mass is 16.5. The molecule has 0 bridgehead atoms. The minimum absolute atomic E-state index is 0.187. The van der Waals surface area contributed by atoms with Crippen molar-refractivity contribution in [3.05, 3.63) is 30.1 Å². The van der Waals surface area contributed by atoms with Crippen LogP contribution in [-0.4, -0.2) is 42.1 Å². The molecule has 1 aromatic heterocycles. The van der Waals surface area contributed by atoms with Gasteiger partial charge in [-0.3, -0.25) is 9.78 Å². The van der Waals surface area contributed by atoms with Crippen molar-refractivity contribution in [3.8, 4) is 0 Å². The maximum Gasteiger partial charge on any atom is 0.225 e. The molecule has 2 aliphatic rings. The molecule has 2 aliphatic heterocycles. The summed E-state index contributed by atoms with van der Waals surface area (Å²) in [6.45, 7) is 3.30. The van der Waals surface area contributed by atoms with Crippen LogP contribution >= 0.6 is 0 Å². The van der Waals surface area contributed by atoms with Crippen LogP contribution in [0.4, 0.5) is 0 Å². The topological polar surface area (TPSA) is 42.4 Å². The van der Waals surface area contributed by atoms with Crippen LogP contribution in [0.3, 0.4) is 0 Å². The Morgan fingerprint density at radius 2 is 2.14 bits per heavy atom. The molecule has 1 amide bonds. The Kier molecular flexibility index (Phi) is 4.86. The third kappa shape index (κ3) is 3.82. The lowest BCUT2D eigenvalue weighted by molar-refractivity contribution is -0.140. The summed E-state index contributed by atoms with van der Waals surface area (Å²) in [4.78, 5) is 19.1. The minimum Gasteiger partial charge on any atom is -0.381 e. The van der Waals surface area contributed by atoms with Gasteiger partial charge in [0.15, 0.2) is 0 Å². The van der Waals surface area contributed by atoms with E-state index in [4.69, 9.17) is 4.74 Å². The number of pyridine rings is 1. The Morgan fingerprint density at radius 3 is 2.90 bits per heavy atom. The lowest BCUT2D eigenvalue weighted by Gasteiger charge is -2.35. The van der Waals surface area contributed by atoms with Gasteiger partial charge in [0.2, 0.25) is 5.91 Å². The number of amides is 1. The van der Waals surface area contributed by atoms with Crippen LogP contribution in [0.25, 0.3) is 0 Å². The summed E-state index contributed by atoms with van der Waals surface area (Å²) in [5.74, 6) is 1.09. The van der Waals surface area contributed by atoms with Gasteiger partial charge in [-0.15, -0.1) is 0 Å².